The van der Waals surface area contributed by atoms with Gasteiger partial charge in [-0.05, 0) is 37.9 Å². The number of ether oxygens (including phenoxy) is 1. The number of methoxy groups -OCH3 is 1. The number of nitrogens with zero attached hydrogens (tertiary/aromatic N) is 3. The van der Waals surface area contributed by atoms with E-state index in [2.05, 4.69) is 16.8 Å². The van der Waals surface area contributed by atoms with Crippen molar-refractivity contribution in [1.29, 1.82) is 0 Å². The van der Waals surface area contributed by atoms with Crippen molar-refractivity contribution >= 4 is 23.3 Å². The molecule has 7 nitrogen and oxygen atoms in total. The van der Waals surface area contributed by atoms with Gasteiger partial charge < -0.3 is 19.4 Å². The minimum absolute atomic E-state index is 0.00355. The van der Waals surface area contributed by atoms with Crippen LogP contribution in [0, 0.1) is 11.8 Å². The number of likely N-dealkylation sites (N-methyl/N-ethyl adjacent to an activating group) is 1. The highest BCUT2D eigenvalue weighted by molar-refractivity contribution is 5.99. The third kappa shape index (κ3) is 5.45. The summed E-state index contributed by atoms with van der Waals surface area (Å²) >= 11 is 0. The zero-order chi connectivity index (χ0) is 22.5. The molecule has 1 aromatic rings. The molecule has 0 bridgehead atoms. The number of benzene rings is 1. The summed E-state index contributed by atoms with van der Waals surface area (Å²) in [7, 11) is 3.46. The number of hydrogen-bond acceptors (Lipinski definition) is 6. The quantitative estimate of drug-likeness (QED) is 0.490. The second kappa shape index (κ2) is 10.3. The molecular formula is C24H35N3O4. The standard InChI is InChI=1S/C24H35N3O4/c1-17(2)20(23(29)27-10-6-9-21(27)24(30)31-4)16-22(28)18-7-5-8-19(15-18)26-13-11-25(3)12-14-26/h5,7-8,15,17,20-21H,6,9-14,16H2,1-4H3/t20-,21-/m0/s1. The Bertz CT molecular complexity index is 802. The van der Waals surface area contributed by atoms with Gasteiger partial charge in [-0.25, -0.2) is 4.79 Å². The maximum absolute atomic E-state index is 13.3. The average Bonchev–Trinajstić information content (AvgIpc) is 3.26. The molecule has 31 heavy (non-hydrogen) atoms. The van der Waals surface area contributed by atoms with Crippen LogP contribution in [0.25, 0.3) is 0 Å². The fourth-order valence-corrected chi connectivity index (χ4v) is 4.49. The lowest BCUT2D eigenvalue weighted by molar-refractivity contribution is -0.152. The highest BCUT2D eigenvalue weighted by Crippen LogP contribution is 2.27. The number of carbonyl (C=O) groups is 3. The van der Waals surface area contributed by atoms with E-state index in [9.17, 15) is 14.4 Å². The predicted molar refractivity (Wildman–Crippen MR) is 120 cm³/mol. The summed E-state index contributed by atoms with van der Waals surface area (Å²) in [4.78, 5) is 44.7. The third-order valence-corrected chi connectivity index (χ3v) is 6.57. The van der Waals surface area contributed by atoms with Gasteiger partial charge in [-0.15, -0.1) is 0 Å². The van der Waals surface area contributed by atoms with E-state index in [1.165, 1.54) is 7.11 Å². The van der Waals surface area contributed by atoms with Gasteiger partial charge in [0.15, 0.2) is 5.78 Å². The zero-order valence-corrected chi connectivity index (χ0v) is 19.2. The minimum Gasteiger partial charge on any atom is -0.467 e. The van der Waals surface area contributed by atoms with Gasteiger partial charge >= 0.3 is 5.97 Å². The molecule has 2 aliphatic rings. The fourth-order valence-electron chi connectivity index (χ4n) is 4.49. The van der Waals surface area contributed by atoms with Gasteiger partial charge in [0.1, 0.15) is 6.04 Å². The molecule has 1 amide bonds. The smallest absolute Gasteiger partial charge is 0.328 e. The molecule has 0 unspecified atom stereocenters. The van der Waals surface area contributed by atoms with Crippen LogP contribution in [-0.4, -0.2) is 80.4 Å². The number of hydrogen-bond donors (Lipinski definition) is 0. The normalized spacial score (nSPS) is 20.7. The molecule has 0 spiro atoms. The van der Waals surface area contributed by atoms with Crippen molar-refractivity contribution in [1.82, 2.24) is 9.80 Å². The summed E-state index contributed by atoms with van der Waals surface area (Å²) in [6.45, 7) is 8.32. The predicted octanol–water partition coefficient (Wildman–Crippen LogP) is 2.45. The highest BCUT2D eigenvalue weighted by atomic mass is 16.5. The Kier molecular flexibility index (Phi) is 7.70. The molecule has 0 N–H and O–H groups in total. The number of likely N-dealkylation sites (tertiary alicyclic amines) is 1. The van der Waals surface area contributed by atoms with E-state index in [1.54, 1.807) is 4.90 Å². The molecule has 2 atom stereocenters. The number of anilines is 1. The van der Waals surface area contributed by atoms with Crippen LogP contribution < -0.4 is 4.90 Å². The maximum Gasteiger partial charge on any atom is 0.328 e. The van der Waals surface area contributed by atoms with Crippen LogP contribution in [-0.2, 0) is 14.3 Å². The van der Waals surface area contributed by atoms with Crippen molar-refractivity contribution in [2.75, 3.05) is 51.8 Å². The van der Waals surface area contributed by atoms with Crippen molar-refractivity contribution in [2.24, 2.45) is 11.8 Å². The van der Waals surface area contributed by atoms with E-state index in [4.69, 9.17) is 4.74 Å². The average molecular weight is 430 g/mol. The van der Waals surface area contributed by atoms with Crippen LogP contribution in [0.15, 0.2) is 24.3 Å². The third-order valence-electron chi connectivity index (χ3n) is 6.57. The van der Waals surface area contributed by atoms with Crippen molar-refractivity contribution in [3.8, 4) is 0 Å². The summed E-state index contributed by atoms with van der Waals surface area (Å²) in [5.74, 6) is -0.982. The molecule has 0 radical (unpaired) electrons. The van der Waals surface area contributed by atoms with E-state index in [0.717, 1.165) is 38.3 Å². The number of Topliss-reactive ketones (excluding diaryl/α,β-unsaturated/α-hetero) is 1. The maximum atomic E-state index is 13.3. The molecule has 3 rings (SSSR count). The van der Waals surface area contributed by atoms with E-state index < -0.39 is 12.0 Å². The van der Waals surface area contributed by atoms with Crippen molar-refractivity contribution in [2.45, 2.75) is 39.2 Å². The van der Waals surface area contributed by atoms with Gasteiger partial charge in [0.05, 0.1) is 7.11 Å². The minimum atomic E-state index is -0.533. The number of rotatable bonds is 7. The largest absolute Gasteiger partial charge is 0.467 e. The van der Waals surface area contributed by atoms with Crippen LogP contribution in [0.2, 0.25) is 0 Å². The van der Waals surface area contributed by atoms with Crippen molar-refractivity contribution in [3.63, 3.8) is 0 Å². The number of esters is 1. The van der Waals surface area contributed by atoms with Gasteiger partial charge in [0.2, 0.25) is 5.91 Å². The molecular weight excluding hydrogens is 394 g/mol. The highest BCUT2D eigenvalue weighted by Gasteiger charge is 2.39. The van der Waals surface area contributed by atoms with Crippen molar-refractivity contribution < 1.29 is 19.1 Å². The molecule has 2 aliphatic heterocycles. The molecule has 7 heteroatoms. The Hall–Kier alpha value is -2.41. The Morgan fingerprint density at radius 3 is 2.45 bits per heavy atom. The molecule has 2 heterocycles. The summed E-state index contributed by atoms with van der Waals surface area (Å²) in [5.41, 5.74) is 1.69. The summed E-state index contributed by atoms with van der Waals surface area (Å²) in [6.07, 6.45) is 1.54. The molecule has 0 aliphatic carbocycles. The first-order valence-corrected chi connectivity index (χ1v) is 11.3. The molecule has 0 aromatic heterocycles. The van der Waals surface area contributed by atoms with Crippen LogP contribution in [0.1, 0.15) is 43.5 Å². The second-order valence-corrected chi connectivity index (χ2v) is 9.03. The topological polar surface area (TPSA) is 70.2 Å². The first kappa shape index (κ1) is 23.3. The molecule has 2 saturated heterocycles. The van der Waals surface area contributed by atoms with E-state index >= 15 is 0 Å². The molecule has 170 valence electrons. The molecule has 1 aromatic carbocycles. The van der Waals surface area contributed by atoms with Crippen LogP contribution in [0.4, 0.5) is 5.69 Å². The Morgan fingerprint density at radius 1 is 1.10 bits per heavy atom. The van der Waals surface area contributed by atoms with Gasteiger partial charge in [-0.3, -0.25) is 9.59 Å². The SMILES string of the molecule is COC(=O)[C@@H]1CCCN1C(=O)[C@@H](CC(=O)c1cccc(N2CCN(C)CC2)c1)C(C)C. The van der Waals surface area contributed by atoms with Gasteiger partial charge in [0.25, 0.3) is 0 Å². The van der Waals surface area contributed by atoms with Crippen LogP contribution >= 0.6 is 0 Å². The molecule has 2 fully saturated rings. The second-order valence-electron chi connectivity index (χ2n) is 9.03. The van der Waals surface area contributed by atoms with E-state index in [0.29, 0.717) is 18.5 Å². The Balaban J connectivity index is 1.71. The van der Waals surface area contributed by atoms with E-state index in [-0.39, 0.29) is 30.0 Å². The lowest BCUT2D eigenvalue weighted by Crippen LogP contribution is -2.45. The van der Waals surface area contributed by atoms with Gasteiger partial charge in [-0.2, -0.15) is 0 Å². The number of ketones is 1. The first-order valence-electron chi connectivity index (χ1n) is 11.3. The van der Waals surface area contributed by atoms with Gasteiger partial charge in [0, 0.05) is 56.3 Å². The first-order chi connectivity index (χ1) is 14.8. The Morgan fingerprint density at radius 2 is 1.81 bits per heavy atom. The number of piperazine rings is 1. The van der Waals surface area contributed by atoms with Crippen molar-refractivity contribution in [3.05, 3.63) is 29.8 Å². The fraction of sp³-hybridized carbons (Fsp3) is 0.625. The summed E-state index contributed by atoms with van der Waals surface area (Å²) < 4.78 is 4.88. The van der Waals surface area contributed by atoms with Crippen LogP contribution in [0.3, 0.4) is 0 Å². The summed E-state index contributed by atoms with van der Waals surface area (Å²) in [6, 6.07) is 7.20. The van der Waals surface area contributed by atoms with Gasteiger partial charge in [-0.1, -0.05) is 26.0 Å². The lowest BCUT2D eigenvalue weighted by atomic mass is 9.87. The van der Waals surface area contributed by atoms with Crippen LogP contribution in [0.5, 0.6) is 0 Å². The Labute approximate surface area is 185 Å². The zero-order valence-electron chi connectivity index (χ0n) is 19.2. The molecule has 0 saturated carbocycles. The number of carbonyl (C=O) groups excluding carboxylic acids is 3. The number of amides is 1. The lowest BCUT2D eigenvalue weighted by Gasteiger charge is -2.34. The summed E-state index contributed by atoms with van der Waals surface area (Å²) in [5, 5.41) is 0. The monoisotopic (exact) mass is 429 g/mol. The van der Waals surface area contributed by atoms with E-state index in [1.807, 2.05) is 38.1 Å².